The predicted molar refractivity (Wildman–Crippen MR) is 95.4 cm³/mol. The number of nitrogens with zero attached hydrogens (tertiary/aromatic N) is 1. The number of nitriles is 1. The van der Waals surface area contributed by atoms with Crippen molar-refractivity contribution in [3.8, 4) is 6.07 Å². The number of para-hydroxylation sites is 1. The van der Waals surface area contributed by atoms with Crippen LogP contribution in [0.5, 0.6) is 0 Å². The van der Waals surface area contributed by atoms with Crippen LogP contribution >= 0.6 is 22.6 Å². The van der Waals surface area contributed by atoms with E-state index in [0.29, 0.717) is 5.56 Å². The van der Waals surface area contributed by atoms with Crippen molar-refractivity contribution in [2.45, 2.75) is 0 Å². The van der Waals surface area contributed by atoms with Gasteiger partial charge in [0, 0.05) is 26.2 Å². The van der Waals surface area contributed by atoms with E-state index < -0.39 is 0 Å². The summed E-state index contributed by atoms with van der Waals surface area (Å²) in [6.45, 7) is 0. The van der Waals surface area contributed by atoms with Gasteiger partial charge in [0.1, 0.15) is 11.6 Å². The Balaban J connectivity index is 2.06. The van der Waals surface area contributed by atoms with Crippen molar-refractivity contribution in [2.24, 2.45) is 0 Å². The van der Waals surface area contributed by atoms with E-state index in [1.165, 1.54) is 0 Å². The second-order valence-electron chi connectivity index (χ2n) is 4.77. The number of H-pyrrole nitrogens is 1. The molecule has 3 rings (SSSR count). The highest BCUT2D eigenvalue weighted by molar-refractivity contribution is 14.1. The lowest BCUT2D eigenvalue weighted by Gasteiger charge is -2.00. The summed E-state index contributed by atoms with van der Waals surface area (Å²) in [5.74, 6) is -0.264. The molecule has 1 N–H and O–H groups in total. The number of nitrogens with one attached hydrogen (secondary N) is 1. The van der Waals surface area contributed by atoms with Gasteiger partial charge in [0.05, 0.1) is 0 Å². The molecule has 2 aromatic carbocycles. The number of carbonyl (C=O) groups is 1. The summed E-state index contributed by atoms with van der Waals surface area (Å²) < 4.78 is 1.000. The number of Topliss-reactive ketones (excluding diaryl/α,β-unsaturated/α-hetero) is 1. The zero-order valence-electron chi connectivity index (χ0n) is 11.5. The number of benzene rings is 2. The lowest BCUT2D eigenvalue weighted by Crippen LogP contribution is -2.01. The Morgan fingerprint density at radius 1 is 1.14 bits per heavy atom. The largest absolute Gasteiger partial charge is 0.360 e. The van der Waals surface area contributed by atoms with Crippen LogP contribution in [0.25, 0.3) is 17.0 Å². The maximum absolute atomic E-state index is 12.7. The van der Waals surface area contributed by atoms with Crippen LogP contribution < -0.4 is 0 Å². The normalized spacial score (nSPS) is 11.4. The number of halogens is 1. The molecule has 0 aliphatic heterocycles. The molecule has 0 amide bonds. The topological polar surface area (TPSA) is 56.6 Å². The first-order valence-electron chi connectivity index (χ1n) is 6.68. The SMILES string of the molecule is N#C/C(=C/c1ccccc1I)C(=O)c1c[nH]c2ccccc12. The van der Waals surface area contributed by atoms with E-state index in [4.69, 9.17) is 0 Å². The summed E-state index contributed by atoms with van der Waals surface area (Å²) in [7, 11) is 0. The molecule has 22 heavy (non-hydrogen) atoms. The Bertz CT molecular complexity index is 931. The third kappa shape index (κ3) is 2.68. The zero-order valence-corrected chi connectivity index (χ0v) is 13.7. The monoisotopic (exact) mass is 398 g/mol. The van der Waals surface area contributed by atoms with Crippen molar-refractivity contribution in [3.05, 3.63) is 75.0 Å². The van der Waals surface area contributed by atoms with Gasteiger partial charge < -0.3 is 4.98 Å². The average molecular weight is 398 g/mol. The van der Waals surface area contributed by atoms with Gasteiger partial charge in [-0.25, -0.2) is 0 Å². The number of carbonyl (C=O) groups excluding carboxylic acids is 1. The van der Waals surface area contributed by atoms with Crippen molar-refractivity contribution < 1.29 is 4.79 Å². The third-order valence-corrected chi connectivity index (χ3v) is 4.39. The molecule has 0 aliphatic carbocycles. The van der Waals surface area contributed by atoms with Crippen LogP contribution in [0.3, 0.4) is 0 Å². The average Bonchev–Trinajstić information content (AvgIpc) is 2.97. The van der Waals surface area contributed by atoms with Crippen LogP contribution in [-0.4, -0.2) is 10.8 Å². The Labute approximate surface area is 141 Å². The van der Waals surface area contributed by atoms with Gasteiger partial charge in [-0.1, -0.05) is 36.4 Å². The van der Waals surface area contributed by atoms with E-state index in [-0.39, 0.29) is 11.4 Å². The van der Waals surface area contributed by atoms with Gasteiger partial charge >= 0.3 is 0 Å². The number of hydrogen-bond acceptors (Lipinski definition) is 2. The summed E-state index contributed by atoms with van der Waals surface area (Å²) in [4.78, 5) is 15.7. The van der Waals surface area contributed by atoms with E-state index >= 15 is 0 Å². The van der Waals surface area contributed by atoms with E-state index in [1.807, 2.05) is 54.6 Å². The quantitative estimate of drug-likeness (QED) is 0.304. The molecule has 0 saturated heterocycles. The van der Waals surface area contributed by atoms with Crippen molar-refractivity contribution in [2.75, 3.05) is 0 Å². The molecule has 0 atom stereocenters. The maximum Gasteiger partial charge on any atom is 0.205 e. The fourth-order valence-corrected chi connectivity index (χ4v) is 2.84. The lowest BCUT2D eigenvalue weighted by molar-refractivity contribution is 0.104. The molecular weight excluding hydrogens is 387 g/mol. The maximum atomic E-state index is 12.7. The minimum absolute atomic E-state index is 0.133. The van der Waals surface area contributed by atoms with Crippen LogP contribution in [0, 0.1) is 14.9 Å². The summed E-state index contributed by atoms with van der Waals surface area (Å²) in [6, 6.07) is 17.2. The summed E-state index contributed by atoms with van der Waals surface area (Å²) >= 11 is 2.19. The van der Waals surface area contributed by atoms with Gasteiger partial charge in [-0.05, 0) is 46.4 Å². The minimum Gasteiger partial charge on any atom is -0.360 e. The van der Waals surface area contributed by atoms with Crippen LogP contribution in [0.15, 0.2) is 60.3 Å². The summed E-state index contributed by atoms with van der Waals surface area (Å²) in [5, 5.41) is 10.2. The fraction of sp³-hybridized carbons (Fsp3) is 0. The molecule has 3 aromatic rings. The number of fused-ring (bicyclic) bond motifs is 1. The van der Waals surface area contributed by atoms with Gasteiger partial charge in [0.2, 0.25) is 5.78 Å². The first-order chi connectivity index (χ1) is 10.7. The highest BCUT2D eigenvalue weighted by Crippen LogP contribution is 2.22. The Morgan fingerprint density at radius 3 is 2.64 bits per heavy atom. The standard InChI is InChI=1S/C18H11IN2O/c19-16-7-3-1-5-12(16)9-13(10-20)18(22)15-11-21-17-8-4-2-6-14(15)17/h1-9,11,21H/b13-9-. The molecule has 0 unspecified atom stereocenters. The molecule has 106 valence electrons. The van der Waals surface area contributed by atoms with Crippen molar-refractivity contribution in [1.82, 2.24) is 4.98 Å². The van der Waals surface area contributed by atoms with Crippen LogP contribution in [0.2, 0.25) is 0 Å². The molecule has 0 spiro atoms. The van der Waals surface area contributed by atoms with Crippen molar-refractivity contribution in [3.63, 3.8) is 0 Å². The second kappa shape index (κ2) is 6.16. The molecule has 0 aliphatic rings. The van der Waals surface area contributed by atoms with Gasteiger partial charge in [-0.15, -0.1) is 0 Å². The Kier molecular flexibility index (Phi) is 4.07. The number of hydrogen-bond donors (Lipinski definition) is 1. The predicted octanol–water partition coefficient (Wildman–Crippen LogP) is 4.56. The van der Waals surface area contributed by atoms with Crippen LogP contribution in [0.1, 0.15) is 15.9 Å². The number of aromatic amines is 1. The van der Waals surface area contributed by atoms with Gasteiger partial charge in [-0.3, -0.25) is 4.79 Å². The number of rotatable bonds is 3. The lowest BCUT2D eigenvalue weighted by atomic mass is 10.0. The van der Waals surface area contributed by atoms with Gasteiger partial charge in [0.15, 0.2) is 0 Å². The smallest absolute Gasteiger partial charge is 0.205 e. The Morgan fingerprint density at radius 2 is 1.86 bits per heavy atom. The minimum atomic E-state index is -0.264. The van der Waals surface area contributed by atoms with Crippen molar-refractivity contribution >= 4 is 45.4 Å². The van der Waals surface area contributed by atoms with Gasteiger partial charge in [0.25, 0.3) is 0 Å². The van der Waals surface area contributed by atoms with Crippen LogP contribution in [-0.2, 0) is 0 Å². The molecule has 1 aromatic heterocycles. The molecule has 0 saturated carbocycles. The van der Waals surface area contributed by atoms with Gasteiger partial charge in [-0.2, -0.15) is 5.26 Å². The molecule has 0 bridgehead atoms. The fourth-order valence-electron chi connectivity index (χ4n) is 2.30. The molecule has 4 heteroatoms. The zero-order chi connectivity index (χ0) is 15.5. The first kappa shape index (κ1) is 14.5. The van der Waals surface area contributed by atoms with E-state index in [1.54, 1.807) is 12.3 Å². The third-order valence-electron chi connectivity index (χ3n) is 3.40. The van der Waals surface area contributed by atoms with E-state index in [2.05, 4.69) is 27.6 Å². The molecule has 1 heterocycles. The number of allylic oxidation sites excluding steroid dienone is 1. The van der Waals surface area contributed by atoms with Crippen LogP contribution in [0.4, 0.5) is 0 Å². The molecule has 0 fully saturated rings. The Hall–Kier alpha value is -2.39. The highest BCUT2D eigenvalue weighted by atomic mass is 127. The van der Waals surface area contributed by atoms with Crippen molar-refractivity contribution in [1.29, 1.82) is 5.26 Å². The van der Waals surface area contributed by atoms with E-state index in [9.17, 15) is 10.1 Å². The summed E-state index contributed by atoms with van der Waals surface area (Å²) in [5.41, 5.74) is 2.41. The summed E-state index contributed by atoms with van der Waals surface area (Å²) in [6.07, 6.45) is 3.31. The number of ketones is 1. The molecular formula is C18H11IN2O. The highest BCUT2D eigenvalue weighted by Gasteiger charge is 2.16. The molecule has 3 nitrogen and oxygen atoms in total. The first-order valence-corrected chi connectivity index (χ1v) is 7.75. The molecule has 0 radical (unpaired) electrons. The number of aromatic nitrogens is 1. The van der Waals surface area contributed by atoms with E-state index in [0.717, 1.165) is 20.0 Å². The second-order valence-corrected chi connectivity index (χ2v) is 5.93.